The molecule has 1 aromatic heterocycles. The molecule has 1 fully saturated rings. The second-order valence-electron chi connectivity index (χ2n) is 5.43. The lowest BCUT2D eigenvalue weighted by Crippen LogP contribution is -2.35. The molecule has 6 heteroatoms. The Morgan fingerprint density at radius 2 is 2.05 bits per heavy atom. The Morgan fingerprint density at radius 3 is 2.73 bits per heavy atom. The van der Waals surface area contributed by atoms with Crippen LogP contribution in [0.3, 0.4) is 0 Å². The molecule has 114 valence electrons. The molecule has 1 unspecified atom stereocenters. The monoisotopic (exact) mass is 299 g/mol. The molecule has 3 rings (SSSR count). The minimum Gasteiger partial charge on any atom is -0.396 e. The summed E-state index contributed by atoms with van der Waals surface area (Å²) < 4.78 is 1.57. The molecule has 0 bridgehead atoms. The molecular formula is C16H17N3O3. The molecule has 22 heavy (non-hydrogen) atoms. The van der Waals surface area contributed by atoms with Crippen LogP contribution in [0.1, 0.15) is 16.8 Å². The van der Waals surface area contributed by atoms with E-state index in [2.05, 4.69) is 5.10 Å². The number of Topliss-reactive ketones (excluding diaryl/α,β-unsaturated/α-hetero) is 1. The van der Waals surface area contributed by atoms with Crippen LogP contribution in [0.25, 0.3) is 5.69 Å². The summed E-state index contributed by atoms with van der Waals surface area (Å²) in [7, 11) is 0. The van der Waals surface area contributed by atoms with Gasteiger partial charge in [-0.25, -0.2) is 4.68 Å². The van der Waals surface area contributed by atoms with Crippen molar-refractivity contribution in [3.8, 4) is 5.69 Å². The minimum atomic E-state index is -0.555. The smallest absolute Gasteiger partial charge is 0.295 e. The van der Waals surface area contributed by atoms with Crippen LogP contribution < -0.4 is 0 Å². The molecule has 2 aromatic rings. The molecule has 0 saturated carbocycles. The highest BCUT2D eigenvalue weighted by molar-refractivity contribution is 6.42. The molecule has 1 saturated heterocycles. The summed E-state index contributed by atoms with van der Waals surface area (Å²) in [5.41, 5.74) is 1.11. The number of hydrogen-bond donors (Lipinski definition) is 1. The van der Waals surface area contributed by atoms with Crippen LogP contribution >= 0.6 is 0 Å². The number of aromatic nitrogens is 2. The van der Waals surface area contributed by atoms with Gasteiger partial charge in [-0.2, -0.15) is 5.10 Å². The van der Waals surface area contributed by atoms with Gasteiger partial charge in [0.15, 0.2) is 0 Å². The highest BCUT2D eigenvalue weighted by atomic mass is 16.3. The minimum absolute atomic E-state index is 0.0455. The van der Waals surface area contributed by atoms with Crippen molar-refractivity contribution in [3.05, 3.63) is 48.3 Å². The number of aliphatic hydroxyl groups is 1. The third kappa shape index (κ3) is 2.78. The van der Waals surface area contributed by atoms with Crippen molar-refractivity contribution < 1.29 is 14.7 Å². The average Bonchev–Trinajstić information content (AvgIpc) is 3.23. The zero-order valence-electron chi connectivity index (χ0n) is 12.1. The van der Waals surface area contributed by atoms with Crippen molar-refractivity contribution in [1.29, 1.82) is 0 Å². The maximum atomic E-state index is 12.3. The highest BCUT2D eigenvalue weighted by Gasteiger charge is 2.30. The van der Waals surface area contributed by atoms with E-state index < -0.39 is 11.7 Å². The van der Waals surface area contributed by atoms with Crippen LogP contribution in [-0.4, -0.2) is 51.2 Å². The average molecular weight is 299 g/mol. The number of rotatable bonds is 4. The third-order valence-corrected chi connectivity index (χ3v) is 3.89. The second-order valence-corrected chi connectivity index (χ2v) is 5.43. The summed E-state index contributed by atoms with van der Waals surface area (Å²) in [5, 5.41) is 13.2. The van der Waals surface area contributed by atoms with Gasteiger partial charge in [0.2, 0.25) is 0 Å². The van der Waals surface area contributed by atoms with E-state index in [1.807, 2.05) is 30.3 Å². The maximum absolute atomic E-state index is 12.3. The van der Waals surface area contributed by atoms with E-state index in [4.69, 9.17) is 5.11 Å². The summed E-state index contributed by atoms with van der Waals surface area (Å²) in [5.74, 6) is -1.01. The van der Waals surface area contributed by atoms with Gasteiger partial charge in [0, 0.05) is 31.8 Å². The Balaban J connectivity index is 1.73. The van der Waals surface area contributed by atoms with E-state index >= 15 is 0 Å². The van der Waals surface area contributed by atoms with E-state index in [1.54, 1.807) is 10.9 Å². The summed E-state index contributed by atoms with van der Waals surface area (Å²) in [6.45, 7) is 1.00. The van der Waals surface area contributed by atoms with Crippen molar-refractivity contribution in [2.45, 2.75) is 6.42 Å². The number of carbonyl (C=O) groups excluding carboxylic acids is 2. The Labute approximate surface area is 128 Å². The number of benzene rings is 1. The number of likely N-dealkylation sites (tertiary alicyclic amines) is 1. The van der Waals surface area contributed by atoms with Gasteiger partial charge >= 0.3 is 0 Å². The lowest BCUT2D eigenvalue weighted by Gasteiger charge is -2.14. The number of amides is 1. The molecule has 0 aliphatic carbocycles. The number of aliphatic hydroxyl groups excluding tert-OH is 1. The van der Waals surface area contributed by atoms with Crippen molar-refractivity contribution in [3.63, 3.8) is 0 Å². The normalized spacial score (nSPS) is 17.7. The van der Waals surface area contributed by atoms with Crippen molar-refractivity contribution in [2.24, 2.45) is 5.92 Å². The van der Waals surface area contributed by atoms with Crippen LogP contribution in [0.15, 0.2) is 42.7 Å². The maximum Gasteiger partial charge on any atom is 0.295 e. The van der Waals surface area contributed by atoms with Crippen LogP contribution in [0.5, 0.6) is 0 Å². The molecule has 1 atom stereocenters. The number of ketones is 1. The largest absolute Gasteiger partial charge is 0.396 e. The molecule has 1 aromatic carbocycles. The molecule has 1 amide bonds. The number of hydrogen-bond acceptors (Lipinski definition) is 4. The molecule has 0 spiro atoms. The first-order chi connectivity index (χ1) is 10.7. The Kier molecular flexibility index (Phi) is 4.02. The van der Waals surface area contributed by atoms with Crippen LogP contribution in [0, 0.1) is 5.92 Å². The van der Waals surface area contributed by atoms with Crippen molar-refractivity contribution in [1.82, 2.24) is 14.7 Å². The molecule has 0 radical (unpaired) electrons. The quantitative estimate of drug-likeness (QED) is 0.672. The SMILES string of the molecule is O=C(C(=O)N1CCC(CO)C1)c1cnn(-c2ccccc2)c1. The fourth-order valence-corrected chi connectivity index (χ4v) is 2.60. The van der Waals surface area contributed by atoms with Gasteiger partial charge in [0.1, 0.15) is 0 Å². The Morgan fingerprint density at radius 1 is 1.27 bits per heavy atom. The van der Waals surface area contributed by atoms with E-state index in [0.29, 0.717) is 13.1 Å². The Bertz CT molecular complexity index is 681. The van der Waals surface area contributed by atoms with Crippen molar-refractivity contribution in [2.75, 3.05) is 19.7 Å². The molecule has 2 heterocycles. The molecule has 1 aliphatic rings. The van der Waals surface area contributed by atoms with Gasteiger partial charge in [-0.05, 0) is 18.6 Å². The van der Waals surface area contributed by atoms with E-state index in [-0.39, 0.29) is 18.1 Å². The van der Waals surface area contributed by atoms with Crippen LogP contribution in [-0.2, 0) is 4.79 Å². The number of carbonyl (C=O) groups is 2. The van der Waals surface area contributed by atoms with Gasteiger partial charge in [0.05, 0.1) is 17.4 Å². The van der Waals surface area contributed by atoms with E-state index in [9.17, 15) is 9.59 Å². The summed E-state index contributed by atoms with van der Waals surface area (Å²) in [6.07, 6.45) is 3.71. The summed E-state index contributed by atoms with van der Waals surface area (Å²) >= 11 is 0. The zero-order chi connectivity index (χ0) is 15.5. The molecule has 1 N–H and O–H groups in total. The first kappa shape index (κ1) is 14.5. The standard InChI is InChI=1S/C16H17N3O3/c20-11-12-6-7-18(9-12)16(22)15(21)13-8-17-19(10-13)14-4-2-1-3-5-14/h1-5,8,10,12,20H,6-7,9,11H2. The highest BCUT2D eigenvalue weighted by Crippen LogP contribution is 2.17. The second kappa shape index (κ2) is 6.11. The Hall–Kier alpha value is -2.47. The number of nitrogens with zero attached hydrogens (tertiary/aromatic N) is 3. The molecular weight excluding hydrogens is 282 g/mol. The zero-order valence-corrected chi connectivity index (χ0v) is 12.1. The fourth-order valence-electron chi connectivity index (χ4n) is 2.60. The van der Waals surface area contributed by atoms with Gasteiger partial charge < -0.3 is 10.0 Å². The summed E-state index contributed by atoms with van der Waals surface area (Å²) in [6, 6.07) is 9.39. The third-order valence-electron chi connectivity index (χ3n) is 3.89. The van der Waals surface area contributed by atoms with Crippen molar-refractivity contribution >= 4 is 11.7 Å². The number of para-hydroxylation sites is 1. The van der Waals surface area contributed by atoms with Crippen LogP contribution in [0.2, 0.25) is 0 Å². The molecule has 1 aliphatic heterocycles. The van der Waals surface area contributed by atoms with Gasteiger partial charge in [0.25, 0.3) is 11.7 Å². The van der Waals surface area contributed by atoms with E-state index in [0.717, 1.165) is 12.1 Å². The lowest BCUT2D eigenvalue weighted by molar-refractivity contribution is -0.125. The first-order valence-electron chi connectivity index (χ1n) is 7.23. The lowest BCUT2D eigenvalue weighted by atomic mass is 10.1. The van der Waals surface area contributed by atoms with Gasteiger partial charge in [-0.15, -0.1) is 0 Å². The predicted molar refractivity (Wildman–Crippen MR) is 79.7 cm³/mol. The van der Waals surface area contributed by atoms with Crippen LogP contribution in [0.4, 0.5) is 0 Å². The van der Waals surface area contributed by atoms with Gasteiger partial charge in [-0.1, -0.05) is 18.2 Å². The molecule has 6 nitrogen and oxygen atoms in total. The predicted octanol–water partition coefficient (Wildman–Crippen LogP) is 0.896. The van der Waals surface area contributed by atoms with Gasteiger partial charge in [-0.3, -0.25) is 9.59 Å². The first-order valence-corrected chi connectivity index (χ1v) is 7.23. The topological polar surface area (TPSA) is 75.4 Å². The summed E-state index contributed by atoms with van der Waals surface area (Å²) in [4.78, 5) is 26.0. The van der Waals surface area contributed by atoms with E-state index in [1.165, 1.54) is 11.1 Å². The fraction of sp³-hybridized carbons (Fsp3) is 0.312.